The lowest BCUT2D eigenvalue weighted by Gasteiger charge is -2.36. The Labute approximate surface area is 127 Å². The van der Waals surface area contributed by atoms with Crippen LogP contribution in [-0.4, -0.2) is 12.1 Å². The molecule has 0 saturated heterocycles. The molecule has 2 atom stereocenters. The molecule has 3 nitrogen and oxygen atoms in total. The van der Waals surface area contributed by atoms with Crippen LogP contribution in [-0.2, 0) is 5.66 Å². The van der Waals surface area contributed by atoms with Gasteiger partial charge in [0.05, 0.1) is 5.39 Å². The molecule has 0 N–H and O–H groups in total. The van der Waals surface area contributed by atoms with Crippen LogP contribution in [0.3, 0.4) is 0 Å². The molecule has 0 fully saturated rings. The van der Waals surface area contributed by atoms with E-state index in [4.69, 9.17) is 4.84 Å². The molecule has 0 bridgehead atoms. The third kappa shape index (κ3) is 1.95. The molecule has 0 spiro atoms. The highest BCUT2D eigenvalue weighted by Crippen LogP contribution is 2.36. The maximum Gasteiger partial charge on any atom is 0.259 e. The van der Waals surface area contributed by atoms with Crippen molar-refractivity contribution in [3.8, 4) is 5.75 Å². The van der Waals surface area contributed by atoms with Crippen molar-refractivity contribution in [1.82, 2.24) is 5.06 Å². The van der Waals surface area contributed by atoms with E-state index in [9.17, 15) is 0 Å². The topological polar surface area (TPSA) is 16.4 Å². The van der Waals surface area contributed by atoms with Crippen LogP contribution in [0.2, 0.25) is 0 Å². The van der Waals surface area contributed by atoms with Gasteiger partial charge in [0.15, 0.2) is 6.20 Å². The van der Waals surface area contributed by atoms with Crippen molar-refractivity contribution < 1.29 is 9.40 Å². The quantitative estimate of drug-likeness (QED) is 0.794. The maximum atomic E-state index is 6.09. The standard InChI is InChI=1S/C18H25N2O/c1-6-13(3)14-11-12-20-17-15(14)9-8-10-16(17)21-19(5)18(20,4)7-2/h8-13H,6-7H2,1-5H3/q+1. The van der Waals surface area contributed by atoms with Crippen LogP contribution in [0.1, 0.15) is 52.0 Å². The number of nitrogens with zero attached hydrogens (tertiary/aromatic N) is 2. The zero-order valence-corrected chi connectivity index (χ0v) is 13.7. The fourth-order valence-electron chi connectivity index (χ4n) is 3.24. The Hall–Kier alpha value is -1.61. The van der Waals surface area contributed by atoms with Crippen molar-refractivity contribution in [3.63, 3.8) is 0 Å². The van der Waals surface area contributed by atoms with E-state index < -0.39 is 0 Å². The summed E-state index contributed by atoms with van der Waals surface area (Å²) in [7, 11) is 2.01. The lowest BCUT2D eigenvalue weighted by Crippen LogP contribution is -2.66. The van der Waals surface area contributed by atoms with Crippen molar-refractivity contribution >= 4 is 10.9 Å². The van der Waals surface area contributed by atoms with E-state index >= 15 is 0 Å². The summed E-state index contributed by atoms with van der Waals surface area (Å²) in [6.07, 6.45) is 4.37. The zero-order chi connectivity index (χ0) is 15.2. The molecule has 2 heterocycles. The average Bonchev–Trinajstić information content (AvgIpc) is 2.51. The number of pyridine rings is 1. The number of hydrogen-bond donors (Lipinski definition) is 0. The highest BCUT2D eigenvalue weighted by molar-refractivity contribution is 5.85. The van der Waals surface area contributed by atoms with Crippen LogP contribution < -0.4 is 9.40 Å². The number of hydrogen-bond acceptors (Lipinski definition) is 2. The van der Waals surface area contributed by atoms with Crippen molar-refractivity contribution in [2.45, 2.75) is 52.1 Å². The van der Waals surface area contributed by atoms with Gasteiger partial charge in [-0.05, 0) is 30.0 Å². The number of benzene rings is 1. The second-order valence-corrected chi connectivity index (χ2v) is 6.26. The van der Waals surface area contributed by atoms with Gasteiger partial charge in [-0.25, -0.2) is 0 Å². The second-order valence-electron chi connectivity index (χ2n) is 6.26. The minimum atomic E-state index is -0.152. The molecule has 2 aromatic rings. The van der Waals surface area contributed by atoms with Gasteiger partial charge in [-0.1, -0.05) is 31.9 Å². The Morgan fingerprint density at radius 1 is 1.29 bits per heavy atom. The molecular weight excluding hydrogens is 260 g/mol. The van der Waals surface area contributed by atoms with Crippen molar-refractivity contribution in [3.05, 3.63) is 36.0 Å². The smallest absolute Gasteiger partial charge is 0.259 e. The number of aromatic nitrogens is 1. The molecule has 1 aromatic heterocycles. The van der Waals surface area contributed by atoms with E-state index in [1.807, 2.05) is 12.1 Å². The molecule has 3 rings (SSSR count). The van der Waals surface area contributed by atoms with E-state index in [1.165, 1.54) is 16.5 Å². The molecule has 0 amide bonds. The fraction of sp³-hybridized carbons (Fsp3) is 0.500. The van der Waals surface area contributed by atoms with Crippen LogP contribution in [0.25, 0.3) is 10.9 Å². The monoisotopic (exact) mass is 285 g/mol. The van der Waals surface area contributed by atoms with Crippen LogP contribution in [0, 0.1) is 0 Å². The molecule has 1 aliphatic heterocycles. The molecule has 3 heteroatoms. The van der Waals surface area contributed by atoms with Crippen LogP contribution in [0.4, 0.5) is 0 Å². The summed E-state index contributed by atoms with van der Waals surface area (Å²) in [5.41, 5.74) is 2.48. The van der Waals surface area contributed by atoms with Crippen LogP contribution >= 0.6 is 0 Å². The van der Waals surface area contributed by atoms with Gasteiger partial charge in [0.2, 0.25) is 5.75 Å². The SMILES string of the molecule is CCC(C)c1cc[n+]2c3c(cccc13)ON(C)C2(C)CC. The largest absolute Gasteiger partial charge is 0.393 e. The first-order chi connectivity index (χ1) is 10.0. The molecule has 0 radical (unpaired) electrons. The Morgan fingerprint density at radius 2 is 2.05 bits per heavy atom. The predicted molar refractivity (Wildman–Crippen MR) is 85.2 cm³/mol. The summed E-state index contributed by atoms with van der Waals surface area (Å²) < 4.78 is 2.37. The van der Waals surface area contributed by atoms with Gasteiger partial charge in [0, 0.05) is 26.5 Å². The van der Waals surface area contributed by atoms with Gasteiger partial charge in [-0.15, -0.1) is 0 Å². The summed E-state index contributed by atoms with van der Waals surface area (Å²) in [6.45, 7) is 8.97. The molecule has 21 heavy (non-hydrogen) atoms. The first-order valence-electron chi connectivity index (χ1n) is 7.92. The fourth-order valence-corrected chi connectivity index (χ4v) is 3.24. The highest BCUT2D eigenvalue weighted by Gasteiger charge is 2.45. The average molecular weight is 285 g/mol. The summed E-state index contributed by atoms with van der Waals surface area (Å²) in [5, 5.41) is 3.29. The van der Waals surface area contributed by atoms with E-state index in [-0.39, 0.29) is 5.66 Å². The Bertz CT molecular complexity index is 682. The van der Waals surface area contributed by atoms with E-state index in [2.05, 4.69) is 62.7 Å². The normalized spacial score (nSPS) is 23.1. The Balaban J connectivity index is 2.35. The highest BCUT2D eigenvalue weighted by atomic mass is 16.7. The van der Waals surface area contributed by atoms with Gasteiger partial charge < -0.3 is 4.84 Å². The van der Waals surface area contributed by atoms with Gasteiger partial charge >= 0.3 is 0 Å². The van der Waals surface area contributed by atoms with Gasteiger partial charge in [0.25, 0.3) is 11.2 Å². The van der Waals surface area contributed by atoms with Crippen LogP contribution in [0.5, 0.6) is 5.75 Å². The van der Waals surface area contributed by atoms with E-state index in [0.29, 0.717) is 5.92 Å². The third-order valence-corrected chi connectivity index (χ3v) is 5.20. The second kappa shape index (κ2) is 4.99. The third-order valence-electron chi connectivity index (χ3n) is 5.20. The number of rotatable bonds is 3. The van der Waals surface area contributed by atoms with Crippen LogP contribution in [0.15, 0.2) is 30.5 Å². The molecule has 2 unspecified atom stereocenters. The summed E-state index contributed by atoms with van der Waals surface area (Å²) >= 11 is 0. The van der Waals surface area contributed by atoms with Gasteiger partial charge in [-0.3, -0.25) is 0 Å². The Morgan fingerprint density at radius 3 is 2.71 bits per heavy atom. The maximum absolute atomic E-state index is 6.09. The molecule has 0 aliphatic carbocycles. The minimum Gasteiger partial charge on any atom is -0.393 e. The van der Waals surface area contributed by atoms with Crippen molar-refractivity contribution in [2.75, 3.05) is 7.05 Å². The number of para-hydroxylation sites is 1. The minimum absolute atomic E-state index is 0.152. The molecule has 112 valence electrons. The van der Waals surface area contributed by atoms with Crippen molar-refractivity contribution in [1.29, 1.82) is 0 Å². The Kier molecular flexibility index (Phi) is 3.40. The zero-order valence-electron chi connectivity index (χ0n) is 13.7. The van der Waals surface area contributed by atoms with Crippen molar-refractivity contribution in [2.24, 2.45) is 0 Å². The van der Waals surface area contributed by atoms with E-state index in [0.717, 1.165) is 18.6 Å². The van der Waals surface area contributed by atoms with Gasteiger partial charge in [-0.2, -0.15) is 4.57 Å². The molecule has 1 aliphatic rings. The molecular formula is C18H25N2O+. The first kappa shape index (κ1) is 14.3. The summed E-state index contributed by atoms with van der Waals surface area (Å²) in [4.78, 5) is 6.09. The molecule has 1 aromatic carbocycles. The molecule has 0 saturated carbocycles. The van der Waals surface area contributed by atoms with E-state index in [1.54, 1.807) is 0 Å². The predicted octanol–water partition coefficient (Wildman–Crippen LogP) is 3.96. The first-order valence-corrected chi connectivity index (χ1v) is 7.92. The number of hydroxylamine groups is 2. The summed E-state index contributed by atoms with van der Waals surface area (Å²) in [6, 6.07) is 8.66. The lowest BCUT2D eigenvalue weighted by atomic mass is 9.94. The summed E-state index contributed by atoms with van der Waals surface area (Å²) in [5.74, 6) is 1.51. The van der Waals surface area contributed by atoms with Gasteiger partial charge in [0.1, 0.15) is 0 Å². The lowest BCUT2D eigenvalue weighted by molar-refractivity contribution is -0.781.